The van der Waals surface area contributed by atoms with Crippen LogP contribution in [0.15, 0.2) is 18.2 Å². The van der Waals surface area contributed by atoms with Gasteiger partial charge in [-0.05, 0) is 37.8 Å². The monoisotopic (exact) mass is 262 g/mol. The lowest BCUT2D eigenvalue weighted by molar-refractivity contribution is 0.0697. The van der Waals surface area contributed by atoms with Gasteiger partial charge in [-0.3, -0.25) is 0 Å². The Morgan fingerprint density at radius 2 is 2.26 bits per heavy atom. The lowest BCUT2D eigenvalue weighted by Crippen LogP contribution is -2.40. The van der Waals surface area contributed by atoms with Gasteiger partial charge in [-0.25, -0.2) is 4.79 Å². The van der Waals surface area contributed by atoms with Gasteiger partial charge in [0.1, 0.15) is 0 Å². The summed E-state index contributed by atoms with van der Waals surface area (Å²) in [5, 5.41) is 9.35. The van der Waals surface area contributed by atoms with Crippen LogP contribution >= 0.6 is 0 Å². The van der Waals surface area contributed by atoms with Crippen molar-refractivity contribution < 1.29 is 9.90 Å². The van der Waals surface area contributed by atoms with E-state index in [-0.39, 0.29) is 0 Å². The highest BCUT2D eigenvalue weighted by Crippen LogP contribution is 2.34. The Morgan fingerprint density at radius 3 is 2.95 bits per heavy atom. The molecule has 1 atom stereocenters. The minimum Gasteiger partial charge on any atom is -0.478 e. The van der Waals surface area contributed by atoms with Gasteiger partial charge in [0.2, 0.25) is 0 Å². The van der Waals surface area contributed by atoms with E-state index in [0.717, 1.165) is 32.2 Å². The van der Waals surface area contributed by atoms with Crippen molar-refractivity contribution in [3.8, 4) is 0 Å². The average Bonchev–Trinajstić information content (AvgIpc) is 2.40. The molecule has 0 saturated carbocycles. The SMILES string of the molecule is CCCC1CCCCN1c1c(N)cccc1C(=O)O. The van der Waals surface area contributed by atoms with Gasteiger partial charge in [0.25, 0.3) is 0 Å². The number of rotatable bonds is 4. The van der Waals surface area contributed by atoms with Gasteiger partial charge in [-0.2, -0.15) is 0 Å². The molecule has 0 radical (unpaired) electrons. The number of nitrogens with two attached hydrogens (primary N) is 1. The number of para-hydroxylation sites is 1. The molecule has 0 spiro atoms. The van der Waals surface area contributed by atoms with Crippen LogP contribution in [-0.4, -0.2) is 23.7 Å². The first-order valence-corrected chi connectivity index (χ1v) is 7.03. The van der Waals surface area contributed by atoms with Crippen molar-refractivity contribution in [1.82, 2.24) is 0 Å². The molecule has 1 fully saturated rings. The summed E-state index contributed by atoms with van der Waals surface area (Å²) in [7, 11) is 0. The lowest BCUT2D eigenvalue weighted by atomic mass is 9.96. The summed E-state index contributed by atoms with van der Waals surface area (Å²) in [6, 6.07) is 5.56. The molecule has 0 aromatic heterocycles. The van der Waals surface area contributed by atoms with Gasteiger partial charge in [0, 0.05) is 12.6 Å². The van der Waals surface area contributed by atoms with Crippen LogP contribution in [0.5, 0.6) is 0 Å². The summed E-state index contributed by atoms with van der Waals surface area (Å²) in [5.74, 6) is -0.900. The summed E-state index contributed by atoms with van der Waals surface area (Å²) in [6.07, 6.45) is 5.65. The number of nitrogen functional groups attached to an aromatic ring is 1. The number of aromatic carboxylic acids is 1. The summed E-state index contributed by atoms with van der Waals surface area (Å²) < 4.78 is 0. The van der Waals surface area contributed by atoms with Crippen molar-refractivity contribution >= 4 is 17.3 Å². The first-order valence-electron chi connectivity index (χ1n) is 7.03. The molecule has 4 nitrogen and oxygen atoms in total. The van der Waals surface area contributed by atoms with Crippen molar-refractivity contribution in [2.24, 2.45) is 0 Å². The van der Waals surface area contributed by atoms with Gasteiger partial charge in [-0.15, -0.1) is 0 Å². The number of carboxylic acid groups (broad SMARTS) is 1. The van der Waals surface area contributed by atoms with Crippen LogP contribution in [-0.2, 0) is 0 Å². The number of hydrogen-bond donors (Lipinski definition) is 2. The van der Waals surface area contributed by atoms with E-state index < -0.39 is 5.97 Å². The lowest BCUT2D eigenvalue weighted by Gasteiger charge is -2.39. The topological polar surface area (TPSA) is 66.6 Å². The van der Waals surface area contributed by atoms with E-state index in [0.29, 0.717) is 23.0 Å². The fraction of sp³-hybridized carbons (Fsp3) is 0.533. The minimum absolute atomic E-state index is 0.322. The molecule has 1 aromatic rings. The fourth-order valence-electron chi connectivity index (χ4n) is 2.98. The third-order valence-corrected chi connectivity index (χ3v) is 3.83. The highest BCUT2D eigenvalue weighted by molar-refractivity contribution is 5.98. The molecular weight excluding hydrogens is 240 g/mol. The molecule has 0 bridgehead atoms. The second-order valence-corrected chi connectivity index (χ2v) is 5.18. The minimum atomic E-state index is -0.900. The third-order valence-electron chi connectivity index (χ3n) is 3.83. The zero-order valence-corrected chi connectivity index (χ0v) is 11.4. The third kappa shape index (κ3) is 2.83. The molecule has 19 heavy (non-hydrogen) atoms. The molecule has 104 valence electrons. The number of carboxylic acids is 1. The molecule has 1 aliphatic rings. The number of benzene rings is 1. The Morgan fingerprint density at radius 1 is 1.47 bits per heavy atom. The standard InChI is InChI=1S/C15H22N2O2/c1-2-6-11-7-3-4-10-17(11)14-12(15(18)19)8-5-9-13(14)16/h5,8-9,11H,2-4,6-7,10,16H2,1H3,(H,18,19). The fourth-order valence-corrected chi connectivity index (χ4v) is 2.98. The maximum atomic E-state index is 11.4. The van der Waals surface area contributed by atoms with Crippen molar-refractivity contribution in [2.75, 3.05) is 17.2 Å². The largest absolute Gasteiger partial charge is 0.478 e. The highest BCUT2D eigenvalue weighted by atomic mass is 16.4. The molecule has 4 heteroatoms. The first-order chi connectivity index (χ1) is 9.15. The molecule has 1 aromatic carbocycles. The number of piperidine rings is 1. The van der Waals surface area contributed by atoms with Crippen LogP contribution in [0.4, 0.5) is 11.4 Å². The Labute approximate surface area is 114 Å². The van der Waals surface area contributed by atoms with Crippen LogP contribution in [0, 0.1) is 0 Å². The number of anilines is 2. The maximum Gasteiger partial charge on any atom is 0.337 e. The van der Waals surface area contributed by atoms with E-state index in [4.69, 9.17) is 5.73 Å². The molecule has 0 amide bonds. The molecule has 1 aliphatic heterocycles. The highest BCUT2D eigenvalue weighted by Gasteiger charge is 2.26. The van der Waals surface area contributed by atoms with Gasteiger partial charge in [-0.1, -0.05) is 19.4 Å². The second-order valence-electron chi connectivity index (χ2n) is 5.18. The van der Waals surface area contributed by atoms with Crippen LogP contribution in [0.25, 0.3) is 0 Å². The maximum absolute atomic E-state index is 11.4. The second kappa shape index (κ2) is 5.95. The Kier molecular flexibility index (Phi) is 4.30. The summed E-state index contributed by atoms with van der Waals surface area (Å²) in [4.78, 5) is 13.6. The number of nitrogens with zero attached hydrogens (tertiary/aromatic N) is 1. The normalized spacial score (nSPS) is 19.4. The van der Waals surface area contributed by atoms with Gasteiger partial charge in [0.15, 0.2) is 0 Å². The molecule has 1 saturated heterocycles. The Bertz CT molecular complexity index is 457. The van der Waals surface area contributed by atoms with Crippen molar-refractivity contribution in [3.63, 3.8) is 0 Å². The van der Waals surface area contributed by atoms with Gasteiger partial charge >= 0.3 is 5.97 Å². The van der Waals surface area contributed by atoms with E-state index in [9.17, 15) is 9.90 Å². The van der Waals surface area contributed by atoms with E-state index in [1.165, 1.54) is 6.42 Å². The Balaban J connectivity index is 2.40. The van der Waals surface area contributed by atoms with Crippen LogP contribution in [0.1, 0.15) is 49.4 Å². The molecular formula is C15H22N2O2. The zero-order valence-electron chi connectivity index (χ0n) is 11.4. The van der Waals surface area contributed by atoms with E-state index in [1.54, 1.807) is 18.2 Å². The average molecular weight is 262 g/mol. The molecule has 1 heterocycles. The smallest absolute Gasteiger partial charge is 0.337 e. The summed E-state index contributed by atoms with van der Waals surface area (Å²) in [6.45, 7) is 3.07. The van der Waals surface area contributed by atoms with Gasteiger partial charge < -0.3 is 15.7 Å². The summed E-state index contributed by atoms with van der Waals surface area (Å²) in [5.41, 5.74) is 7.65. The molecule has 2 rings (SSSR count). The predicted octanol–water partition coefficient (Wildman–Crippen LogP) is 3.13. The molecule has 3 N–H and O–H groups in total. The Hall–Kier alpha value is -1.71. The van der Waals surface area contributed by atoms with Crippen LogP contribution in [0.2, 0.25) is 0 Å². The zero-order chi connectivity index (χ0) is 13.8. The number of carbonyl (C=O) groups is 1. The van der Waals surface area contributed by atoms with Crippen LogP contribution < -0.4 is 10.6 Å². The molecule has 0 aliphatic carbocycles. The van der Waals surface area contributed by atoms with Crippen molar-refractivity contribution in [3.05, 3.63) is 23.8 Å². The molecule has 1 unspecified atom stereocenters. The van der Waals surface area contributed by atoms with Crippen LogP contribution in [0.3, 0.4) is 0 Å². The van der Waals surface area contributed by atoms with Gasteiger partial charge in [0.05, 0.1) is 16.9 Å². The van der Waals surface area contributed by atoms with E-state index in [2.05, 4.69) is 11.8 Å². The predicted molar refractivity (Wildman–Crippen MR) is 77.7 cm³/mol. The van der Waals surface area contributed by atoms with E-state index >= 15 is 0 Å². The number of hydrogen-bond acceptors (Lipinski definition) is 3. The first kappa shape index (κ1) is 13.7. The quantitative estimate of drug-likeness (QED) is 0.818. The summed E-state index contributed by atoms with van der Waals surface area (Å²) >= 11 is 0. The van der Waals surface area contributed by atoms with E-state index in [1.807, 2.05) is 0 Å². The van der Waals surface area contributed by atoms with Crippen molar-refractivity contribution in [1.29, 1.82) is 0 Å². The van der Waals surface area contributed by atoms with Crippen molar-refractivity contribution in [2.45, 2.75) is 45.1 Å².